The number of nitro groups is 1. The molecule has 2 amide bonds. The highest BCUT2D eigenvalue weighted by atomic mass is 16.6. The topological polar surface area (TPSA) is 136 Å². The maximum Gasteiger partial charge on any atom is 0.433 e. The lowest BCUT2D eigenvalue weighted by atomic mass is 9.89. The van der Waals surface area contributed by atoms with Crippen molar-refractivity contribution >= 4 is 29.5 Å². The highest BCUT2D eigenvalue weighted by Crippen LogP contribution is 2.30. The number of benzene rings is 1. The first-order valence-electron chi connectivity index (χ1n) is 12.5. The van der Waals surface area contributed by atoms with Crippen LogP contribution in [0.2, 0.25) is 0 Å². The Balaban J connectivity index is 1.23. The number of hydrogen-bond acceptors (Lipinski definition) is 7. The van der Waals surface area contributed by atoms with Crippen LogP contribution in [0.3, 0.4) is 0 Å². The fourth-order valence-electron chi connectivity index (χ4n) is 4.57. The summed E-state index contributed by atoms with van der Waals surface area (Å²) in [5.74, 6) is -0.556. The minimum Gasteiger partial charge on any atom is -0.401 e. The number of likely N-dealkylation sites (tertiary alicyclic amines) is 1. The average molecular weight is 527 g/mol. The fourth-order valence-corrected chi connectivity index (χ4v) is 4.57. The Morgan fingerprint density at radius 1 is 1.10 bits per heavy atom. The normalized spacial score (nSPS) is 14.0. The van der Waals surface area contributed by atoms with Crippen LogP contribution in [-0.2, 0) is 4.79 Å². The van der Waals surface area contributed by atoms with Crippen LogP contribution in [0.5, 0.6) is 0 Å². The summed E-state index contributed by atoms with van der Waals surface area (Å²) in [7, 11) is 0. The number of nitrogens with one attached hydrogen (secondary N) is 1. The molecule has 0 atom stereocenters. The molecule has 1 aliphatic heterocycles. The second-order valence-corrected chi connectivity index (χ2v) is 9.22. The van der Waals surface area contributed by atoms with Gasteiger partial charge < -0.3 is 19.2 Å². The first-order valence-corrected chi connectivity index (χ1v) is 12.5. The van der Waals surface area contributed by atoms with Crippen LogP contribution in [0.15, 0.2) is 77.7 Å². The predicted molar refractivity (Wildman–Crippen MR) is 143 cm³/mol. The van der Waals surface area contributed by atoms with Crippen LogP contribution >= 0.6 is 0 Å². The predicted octanol–water partition coefficient (Wildman–Crippen LogP) is 4.75. The van der Waals surface area contributed by atoms with Crippen molar-refractivity contribution in [2.45, 2.75) is 25.7 Å². The molecule has 0 spiro atoms. The number of furan rings is 1. The lowest BCUT2D eigenvalue weighted by Crippen LogP contribution is -2.37. The summed E-state index contributed by atoms with van der Waals surface area (Å²) in [5, 5.41) is 13.7. The van der Waals surface area contributed by atoms with Crippen molar-refractivity contribution in [2.24, 2.45) is 0 Å². The molecule has 39 heavy (non-hydrogen) atoms. The van der Waals surface area contributed by atoms with Crippen molar-refractivity contribution in [1.82, 2.24) is 19.4 Å². The molecule has 0 aliphatic carbocycles. The zero-order valence-electron chi connectivity index (χ0n) is 21.2. The molecular formula is C28H26N6O5. The molecule has 4 heterocycles. The van der Waals surface area contributed by atoms with Gasteiger partial charge in [0.05, 0.1) is 23.7 Å². The zero-order chi connectivity index (χ0) is 27.4. The minimum absolute atomic E-state index is 0.0232. The smallest absolute Gasteiger partial charge is 0.401 e. The van der Waals surface area contributed by atoms with Gasteiger partial charge in [0.25, 0.3) is 5.91 Å². The summed E-state index contributed by atoms with van der Waals surface area (Å²) in [6.07, 6.45) is 9.35. The van der Waals surface area contributed by atoms with Crippen molar-refractivity contribution in [3.05, 3.63) is 106 Å². The number of imidazole rings is 1. The van der Waals surface area contributed by atoms with E-state index in [-0.39, 0.29) is 29.4 Å². The molecule has 1 fully saturated rings. The first kappa shape index (κ1) is 25.6. The average Bonchev–Trinajstić information content (AvgIpc) is 3.65. The molecule has 1 saturated heterocycles. The van der Waals surface area contributed by atoms with E-state index in [2.05, 4.69) is 10.3 Å². The van der Waals surface area contributed by atoms with Gasteiger partial charge in [0.1, 0.15) is 10.7 Å². The maximum absolute atomic E-state index is 13.2. The number of anilines is 1. The highest BCUT2D eigenvalue weighted by molar-refractivity contribution is 6.05. The molecule has 0 unspecified atom stereocenters. The number of rotatable bonds is 7. The Morgan fingerprint density at radius 2 is 1.87 bits per heavy atom. The lowest BCUT2D eigenvalue weighted by molar-refractivity contribution is -0.402. The summed E-state index contributed by atoms with van der Waals surface area (Å²) in [4.78, 5) is 46.5. The highest BCUT2D eigenvalue weighted by Gasteiger charge is 2.27. The standard InChI is InChI=1S/C28H26N6O5/c1-19-2-9-24(28(36)31-21-3-5-22(6-4-21)33-17-14-29-18-33)27(30-19)20-12-15-32(16-13-20)25(35)10-7-23-8-11-26(39-23)34(37)38/h2-11,14,17-18,20H,12-13,15-16H2,1H3,(H,31,36)/b10-7+. The van der Waals surface area contributed by atoms with Gasteiger partial charge in [-0.05, 0) is 68.3 Å². The van der Waals surface area contributed by atoms with E-state index in [0.29, 0.717) is 37.2 Å². The Kier molecular flexibility index (Phi) is 7.30. The second-order valence-electron chi connectivity index (χ2n) is 9.22. The Bertz CT molecular complexity index is 1520. The molecule has 11 heteroatoms. The van der Waals surface area contributed by atoms with E-state index in [1.807, 2.05) is 48.0 Å². The van der Waals surface area contributed by atoms with Crippen molar-refractivity contribution in [2.75, 3.05) is 18.4 Å². The second kappa shape index (κ2) is 11.1. The molecule has 1 N–H and O–H groups in total. The van der Waals surface area contributed by atoms with Gasteiger partial charge in [0, 0.05) is 54.5 Å². The Labute approximate surface area is 223 Å². The molecule has 0 saturated carbocycles. The van der Waals surface area contributed by atoms with E-state index >= 15 is 0 Å². The molecule has 4 aromatic rings. The van der Waals surface area contributed by atoms with Crippen LogP contribution in [0.25, 0.3) is 11.8 Å². The van der Waals surface area contributed by atoms with E-state index in [0.717, 1.165) is 17.1 Å². The summed E-state index contributed by atoms with van der Waals surface area (Å²) in [5.41, 5.74) is 3.67. The molecular weight excluding hydrogens is 500 g/mol. The van der Waals surface area contributed by atoms with Crippen LogP contribution < -0.4 is 5.32 Å². The number of carbonyl (C=O) groups is 2. The van der Waals surface area contributed by atoms with Crippen molar-refractivity contribution in [3.8, 4) is 5.69 Å². The van der Waals surface area contributed by atoms with Crippen LogP contribution in [-0.4, -0.2) is 49.3 Å². The van der Waals surface area contributed by atoms with Gasteiger partial charge >= 0.3 is 5.88 Å². The third-order valence-corrected chi connectivity index (χ3v) is 6.61. The number of piperidine rings is 1. The number of pyridine rings is 1. The minimum atomic E-state index is -0.628. The third kappa shape index (κ3) is 5.93. The van der Waals surface area contributed by atoms with Gasteiger partial charge in [-0.3, -0.25) is 24.7 Å². The van der Waals surface area contributed by atoms with Gasteiger partial charge in [-0.2, -0.15) is 0 Å². The lowest BCUT2D eigenvalue weighted by Gasteiger charge is -2.31. The maximum atomic E-state index is 13.2. The van der Waals surface area contributed by atoms with Crippen LogP contribution in [0, 0.1) is 17.0 Å². The van der Waals surface area contributed by atoms with Crippen molar-refractivity contribution < 1.29 is 18.9 Å². The molecule has 11 nitrogen and oxygen atoms in total. The van der Waals surface area contributed by atoms with E-state index in [1.165, 1.54) is 24.3 Å². The zero-order valence-corrected chi connectivity index (χ0v) is 21.2. The third-order valence-electron chi connectivity index (χ3n) is 6.61. The number of aryl methyl sites for hydroxylation is 1. The van der Waals surface area contributed by atoms with Gasteiger partial charge in [-0.15, -0.1) is 0 Å². The number of hydrogen-bond donors (Lipinski definition) is 1. The molecule has 0 bridgehead atoms. The summed E-state index contributed by atoms with van der Waals surface area (Å²) >= 11 is 0. The van der Waals surface area contributed by atoms with Crippen LogP contribution in [0.1, 0.15) is 46.3 Å². The summed E-state index contributed by atoms with van der Waals surface area (Å²) in [6.45, 7) is 2.89. The van der Waals surface area contributed by atoms with Crippen molar-refractivity contribution in [3.63, 3.8) is 0 Å². The summed E-state index contributed by atoms with van der Waals surface area (Å²) in [6, 6.07) is 13.8. The number of nitrogens with zero attached hydrogens (tertiary/aromatic N) is 5. The number of amides is 2. The van der Waals surface area contributed by atoms with E-state index in [4.69, 9.17) is 9.40 Å². The SMILES string of the molecule is Cc1ccc(C(=O)Nc2ccc(-n3ccnc3)cc2)c(C2CCN(C(=O)/C=C/c3ccc([N+](=O)[O-])o3)CC2)n1. The molecule has 5 rings (SSSR count). The fraction of sp³-hybridized carbons (Fsp3) is 0.214. The van der Waals surface area contributed by atoms with Gasteiger partial charge in [0.2, 0.25) is 5.91 Å². The quantitative estimate of drug-likeness (QED) is 0.208. The number of aromatic nitrogens is 3. The molecule has 1 aliphatic rings. The van der Waals surface area contributed by atoms with E-state index < -0.39 is 4.92 Å². The van der Waals surface area contributed by atoms with Crippen molar-refractivity contribution in [1.29, 1.82) is 0 Å². The van der Waals surface area contributed by atoms with Gasteiger partial charge in [0.15, 0.2) is 0 Å². The van der Waals surface area contributed by atoms with Gasteiger partial charge in [-0.1, -0.05) is 0 Å². The largest absolute Gasteiger partial charge is 0.433 e. The van der Waals surface area contributed by atoms with Gasteiger partial charge in [-0.25, -0.2) is 4.98 Å². The van der Waals surface area contributed by atoms with E-state index in [9.17, 15) is 19.7 Å². The van der Waals surface area contributed by atoms with Crippen LogP contribution in [0.4, 0.5) is 11.6 Å². The first-order chi connectivity index (χ1) is 18.9. The number of carbonyl (C=O) groups excluding carboxylic acids is 2. The van der Waals surface area contributed by atoms with E-state index in [1.54, 1.807) is 23.5 Å². The molecule has 1 aromatic carbocycles. The molecule has 0 radical (unpaired) electrons. The summed E-state index contributed by atoms with van der Waals surface area (Å²) < 4.78 is 6.94. The monoisotopic (exact) mass is 526 g/mol. The molecule has 3 aromatic heterocycles. The Morgan fingerprint density at radius 3 is 2.54 bits per heavy atom. The molecule has 198 valence electrons. The Hall–Kier alpha value is -5.06.